The summed E-state index contributed by atoms with van der Waals surface area (Å²) in [7, 11) is 1.76. The van der Waals surface area contributed by atoms with Crippen molar-refractivity contribution in [3.8, 4) is 6.07 Å². The number of nitriles is 1. The zero-order valence-electron chi connectivity index (χ0n) is 14.7. The SMILES string of the molecule is Cn1c(C(=O)NCc2nc(C#N)cs2)c(C=N)c2sc(Cc3cc[nH]n3)nc21. The maximum absolute atomic E-state index is 12.7. The standard InChI is InChI=1S/C17H14N8OS2/c1-25-14(17(26)20-7-13-22-10(5-18)8-27-13)11(6-19)15-16(25)23-12(28-15)4-9-2-3-21-24-9/h2-3,6,8,19H,4,7H2,1H3,(H,20,26)(H,21,24). The van der Waals surface area contributed by atoms with Crippen molar-refractivity contribution in [2.75, 3.05) is 0 Å². The molecular weight excluding hydrogens is 396 g/mol. The number of amides is 1. The summed E-state index contributed by atoms with van der Waals surface area (Å²) in [5.74, 6) is -0.311. The summed E-state index contributed by atoms with van der Waals surface area (Å²) < 4.78 is 2.51. The highest BCUT2D eigenvalue weighted by Gasteiger charge is 2.23. The third-order valence-electron chi connectivity index (χ3n) is 4.12. The number of nitrogens with zero attached hydrogens (tertiary/aromatic N) is 5. The molecule has 28 heavy (non-hydrogen) atoms. The highest BCUT2D eigenvalue weighted by Crippen LogP contribution is 2.30. The zero-order valence-corrected chi connectivity index (χ0v) is 16.3. The molecule has 0 saturated carbocycles. The van der Waals surface area contributed by atoms with E-state index in [4.69, 9.17) is 10.7 Å². The molecule has 0 aliphatic carbocycles. The summed E-state index contributed by atoms with van der Waals surface area (Å²) in [6.45, 7) is 0.222. The van der Waals surface area contributed by atoms with Crippen LogP contribution >= 0.6 is 22.7 Å². The van der Waals surface area contributed by atoms with Crippen LogP contribution in [0.3, 0.4) is 0 Å². The fourth-order valence-corrected chi connectivity index (χ4v) is 4.65. The number of carbonyl (C=O) groups is 1. The van der Waals surface area contributed by atoms with Gasteiger partial charge >= 0.3 is 0 Å². The summed E-state index contributed by atoms with van der Waals surface area (Å²) in [6, 6.07) is 3.86. The van der Waals surface area contributed by atoms with Gasteiger partial charge in [0.2, 0.25) is 0 Å². The maximum Gasteiger partial charge on any atom is 0.269 e. The number of aryl methyl sites for hydroxylation is 1. The van der Waals surface area contributed by atoms with Crippen LogP contribution in [0.1, 0.15) is 37.5 Å². The van der Waals surface area contributed by atoms with Gasteiger partial charge in [-0.05, 0) is 6.07 Å². The Labute approximate surface area is 167 Å². The van der Waals surface area contributed by atoms with E-state index < -0.39 is 0 Å². The van der Waals surface area contributed by atoms with Crippen LogP contribution in [0.4, 0.5) is 0 Å². The lowest BCUT2D eigenvalue weighted by molar-refractivity contribution is 0.0943. The second kappa shape index (κ2) is 7.34. The van der Waals surface area contributed by atoms with Crippen LogP contribution in [-0.4, -0.2) is 36.9 Å². The van der Waals surface area contributed by atoms with E-state index in [1.54, 1.807) is 23.2 Å². The first kappa shape index (κ1) is 18.0. The lowest BCUT2D eigenvalue weighted by Crippen LogP contribution is -2.26. The minimum Gasteiger partial charge on any atom is -0.344 e. The predicted molar refractivity (Wildman–Crippen MR) is 106 cm³/mol. The topological polar surface area (TPSA) is 136 Å². The van der Waals surface area contributed by atoms with E-state index in [0.717, 1.165) is 15.4 Å². The number of hydrogen-bond donors (Lipinski definition) is 3. The molecule has 0 saturated heterocycles. The molecule has 0 radical (unpaired) electrons. The van der Waals surface area contributed by atoms with E-state index >= 15 is 0 Å². The number of H-pyrrole nitrogens is 1. The predicted octanol–water partition coefficient (Wildman–Crippen LogP) is 2.20. The molecule has 0 fully saturated rings. The molecule has 4 rings (SSSR count). The molecule has 0 aromatic carbocycles. The largest absolute Gasteiger partial charge is 0.344 e. The number of aromatic nitrogens is 5. The molecule has 9 nitrogen and oxygen atoms in total. The van der Waals surface area contributed by atoms with Crippen LogP contribution in [-0.2, 0) is 20.0 Å². The number of carbonyl (C=O) groups excluding carboxylic acids is 1. The van der Waals surface area contributed by atoms with Gasteiger partial charge < -0.3 is 15.3 Å². The molecule has 4 aromatic rings. The Hall–Kier alpha value is -3.36. The van der Waals surface area contributed by atoms with Crippen LogP contribution in [0.15, 0.2) is 17.6 Å². The quantitative estimate of drug-likeness (QED) is 0.419. The van der Waals surface area contributed by atoms with Crippen LogP contribution in [0, 0.1) is 16.7 Å². The van der Waals surface area contributed by atoms with Gasteiger partial charge in [0.15, 0.2) is 11.3 Å². The van der Waals surface area contributed by atoms with Crippen LogP contribution in [0.2, 0.25) is 0 Å². The minimum absolute atomic E-state index is 0.222. The van der Waals surface area contributed by atoms with Gasteiger partial charge in [-0.1, -0.05) is 0 Å². The van der Waals surface area contributed by atoms with E-state index in [2.05, 4.69) is 25.5 Å². The Morgan fingerprint density at radius 2 is 2.32 bits per heavy atom. The fraction of sp³-hybridized carbons (Fsp3) is 0.176. The zero-order chi connectivity index (χ0) is 19.7. The van der Waals surface area contributed by atoms with Crippen molar-refractivity contribution in [3.63, 3.8) is 0 Å². The second-order valence-corrected chi connectivity index (χ2v) is 7.92. The van der Waals surface area contributed by atoms with E-state index in [1.165, 1.54) is 28.9 Å². The minimum atomic E-state index is -0.311. The number of thiazole rings is 2. The van der Waals surface area contributed by atoms with Crippen LogP contribution in [0.25, 0.3) is 10.3 Å². The second-order valence-electron chi connectivity index (χ2n) is 5.89. The number of rotatable bonds is 6. The van der Waals surface area contributed by atoms with Crippen molar-refractivity contribution < 1.29 is 4.79 Å². The molecule has 0 aliphatic rings. The third kappa shape index (κ3) is 3.19. The summed E-state index contributed by atoms with van der Waals surface area (Å²) >= 11 is 2.77. The number of fused-ring (bicyclic) bond motifs is 1. The van der Waals surface area contributed by atoms with Gasteiger partial charge in [0, 0.05) is 36.8 Å². The highest BCUT2D eigenvalue weighted by molar-refractivity contribution is 7.19. The molecule has 0 unspecified atom stereocenters. The van der Waals surface area contributed by atoms with Gasteiger partial charge in [-0.25, -0.2) is 9.97 Å². The van der Waals surface area contributed by atoms with Crippen molar-refractivity contribution in [2.24, 2.45) is 7.05 Å². The number of nitrogens with one attached hydrogen (secondary N) is 3. The summed E-state index contributed by atoms with van der Waals surface area (Å²) in [6.07, 6.45) is 3.54. The molecule has 140 valence electrons. The Morgan fingerprint density at radius 1 is 1.46 bits per heavy atom. The Bertz CT molecular complexity index is 1210. The third-order valence-corrected chi connectivity index (χ3v) is 6.05. The van der Waals surface area contributed by atoms with Crippen molar-refractivity contribution in [1.29, 1.82) is 10.7 Å². The molecule has 3 N–H and O–H groups in total. The molecule has 4 aromatic heterocycles. The first-order valence-corrected chi connectivity index (χ1v) is 9.90. The number of hydrogen-bond acceptors (Lipinski definition) is 8. The van der Waals surface area contributed by atoms with E-state index in [0.29, 0.717) is 34.0 Å². The van der Waals surface area contributed by atoms with Crippen molar-refractivity contribution >= 4 is 45.1 Å². The molecule has 1 amide bonds. The van der Waals surface area contributed by atoms with Gasteiger partial charge in [-0.2, -0.15) is 10.4 Å². The smallest absolute Gasteiger partial charge is 0.269 e. The highest BCUT2D eigenvalue weighted by atomic mass is 32.1. The average Bonchev–Trinajstić information content (AvgIpc) is 3.46. The molecule has 0 aliphatic heterocycles. The Kier molecular flexibility index (Phi) is 4.72. The summed E-state index contributed by atoms with van der Waals surface area (Å²) in [5.41, 5.74) is 2.81. The molecule has 4 heterocycles. The lowest BCUT2D eigenvalue weighted by Gasteiger charge is -2.06. The Morgan fingerprint density at radius 3 is 3.00 bits per heavy atom. The van der Waals surface area contributed by atoms with Crippen molar-refractivity contribution in [2.45, 2.75) is 13.0 Å². The maximum atomic E-state index is 12.7. The summed E-state index contributed by atoms with van der Waals surface area (Å²) in [4.78, 5) is 21.5. The molecule has 0 spiro atoms. The van der Waals surface area contributed by atoms with Gasteiger partial charge in [0.1, 0.15) is 21.8 Å². The van der Waals surface area contributed by atoms with E-state index in [-0.39, 0.29) is 12.5 Å². The molecule has 0 atom stereocenters. The fourth-order valence-electron chi connectivity index (χ4n) is 2.86. The van der Waals surface area contributed by atoms with Crippen LogP contribution in [0.5, 0.6) is 0 Å². The van der Waals surface area contributed by atoms with Gasteiger partial charge in [-0.3, -0.25) is 9.89 Å². The van der Waals surface area contributed by atoms with Crippen molar-refractivity contribution in [1.82, 2.24) is 30.0 Å². The first-order valence-electron chi connectivity index (χ1n) is 8.20. The van der Waals surface area contributed by atoms with Gasteiger partial charge in [-0.15, -0.1) is 22.7 Å². The molecular formula is C17H14N8OS2. The molecule has 11 heteroatoms. The number of aromatic amines is 1. The van der Waals surface area contributed by atoms with Gasteiger partial charge in [0.05, 0.1) is 16.9 Å². The Balaban J connectivity index is 1.60. The van der Waals surface area contributed by atoms with Gasteiger partial charge in [0.25, 0.3) is 5.91 Å². The first-order chi connectivity index (χ1) is 13.6. The normalized spacial score (nSPS) is 10.9. The summed E-state index contributed by atoms with van der Waals surface area (Å²) in [5, 5.41) is 29.5. The monoisotopic (exact) mass is 410 g/mol. The van der Waals surface area contributed by atoms with Crippen molar-refractivity contribution in [3.05, 3.63) is 50.3 Å². The average molecular weight is 410 g/mol. The van der Waals surface area contributed by atoms with E-state index in [9.17, 15) is 4.79 Å². The lowest BCUT2D eigenvalue weighted by atomic mass is 10.2. The van der Waals surface area contributed by atoms with Crippen LogP contribution < -0.4 is 5.32 Å². The molecule has 0 bridgehead atoms. The van der Waals surface area contributed by atoms with E-state index in [1.807, 2.05) is 12.1 Å².